The van der Waals surface area contributed by atoms with Gasteiger partial charge in [0.05, 0.1) is 24.0 Å². The van der Waals surface area contributed by atoms with Gasteiger partial charge in [-0.25, -0.2) is 0 Å². The highest BCUT2D eigenvalue weighted by molar-refractivity contribution is 5.78. The van der Waals surface area contributed by atoms with Gasteiger partial charge in [-0.15, -0.1) is 5.10 Å². The quantitative estimate of drug-likeness (QED) is 0.440. The highest BCUT2D eigenvalue weighted by Gasteiger charge is 2.35. The molecule has 0 aliphatic carbocycles. The molecule has 0 radical (unpaired) electrons. The standard InChI is InChI=1S/C24H21N9O/c25-22-28-23(29-24-27-21(30-33(22)24)20-6-3-11-34-20)32-12-16-9-10-31(19(16)14-32)13-17-8-7-15-4-1-2-5-18(15)26-17/h1-8,11,14,16H,9-10,12-13H2,(H2,25,27,28,29,30). The van der Waals surface area contributed by atoms with Crippen molar-refractivity contribution in [2.24, 2.45) is 5.92 Å². The Balaban J connectivity index is 1.17. The van der Waals surface area contributed by atoms with Crippen LogP contribution in [0.4, 0.5) is 11.9 Å². The Labute approximate surface area is 194 Å². The first-order valence-electron chi connectivity index (χ1n) is 11.2. The second-order valence-electron chi connectivity index (χ2n) is 8.62. The van der Waals surface area contributed by atoms with Crippen molar-refractivity contribution >= 4 is 28.6 Å². The molecule has 10 heteroatoms. The molecular formula is C24H21N9O. The molecule has 5 aromatic rings. The van der Waals surface area contributed by atoms with Crippen LogP contribution in [0.15, 0.2) is 71.1 Å². The molecule has 6 heterocycles. The second kappa shape index (κ2) is 7.27. The number of hydrogen-bond acceptors (Lipinski definition) is 9. The van der Waals surface area contributed by atoms with Crippen LogP contribution in [0.1, 0.15) is 12.1 Å². The molecule has 1 aromatic carbocycles. The van der Waals surface area contributed by atoms with Crippen molar-refractivity contribution in [3.05, 3.63) is 72.4 Å². The van der Waals surface area contributed by atoms with Crippen LogP contribution < -0.4 is 10.6 Å². The maximum absolute atomic E-state index is 6.19. The number of rotatable bonds is 4. The van der Waals surface area contributed by atoms with E-state index in [2.05, 4.69) is 60.3 Å². The van der Waals surface area contributed by atoms with Crippen molar-refractivity contribution in [2.45, 2.75) is 13.0 Å². The predicted octanol–water partition coefficient (Wildman–Crippen LogP) is 3.09. The number of hydrogen-bond donors (Lipinski definition) is 1. The van der Waals surface area contributed by atoms with E-state index in [1.165, 1.54) is 10.2 Å². The zero-order valence-electron chi connectivity index (χ0n) is 18.2. The molecule has 1 unspecified atom stereocenters. The van der Waals surface area contributed by atoms with Crippen molar-refractivity contribution in [2.75, 3.05) is 23.7 Å². The lowest BCUT2D eigenvalue weighted by Gasteiger charge is -2.19. The van der Waals surface area contributed by atoms with E-state index in [9.17, 15) is 0 Å². The predicted molar refractivity (Wildman–Crippen MR) is 126 cm³/mol. The summed E-state index contributed by atoms with van der Waals surface area (Å²) in [7, 11) is 0. The Hall–Kier alpha value is -4.47. The first-order valence-corrected chi connectivity index (χ1v) is 11.2. The van der Waals surface area contributed by atoms with Gasteiger partial charge >= 0.3 is 0 Å². The topological polar surface area (TPSA) is 114 Å². The second-order valence-corrected chi connectivity index (χ2v) is 8.62. The molecule has 1 saturated heterocycles. The smallest absolute Gasteiger partial charge is 0.259 e. The lowest BCUT2D eigenvalue weighted by Crippen LogP contribution is -2.21. The van der Waals surface area contributed by atoms with Crippen molar-refractivity contribution < 1.29 is 4.42 Å². The first-order chi connectivity index (χ1) is 16.7. The number of aromatic nitrogens is 6. The van der Waals surface area contributed by atoms with E-state index >= 15 is 0 Å². The minimum atomic E-state index is 0.234. The van der Waals surface area contributed by atoms with E-state index in [-0.39, 0.29) is 5.95 Å². The van der Waals surface area contributed by atoms with Crippen LogP contribution in [-0.4, -0.2) is 47.5 Å². The number of nitrogens with two attached hydrogens (primary N) is 1. The summed E-state index contributed by atoms with van der Waals surface area (Å²) in [4.78, 5) is 22.9. The fraction of sp³-hybridized carbons (Fsp3) is 0.208. The maximum atomic E-state index is 6.19. The lowest BCUT2D eigenvalue weighted by molar-refractivity contribution is 0.380. The van der Waals surface area contributed by atoms with Gasteiger partial charge in [-0.2, -0.15) is 19.5 Å². The third-order valence-electron chi connectivity index (χ3n) is 6.47. The Morgan fingerprint density at radius 1 is 1.00 bits per heavy atom. The number of nitrogen functional groups attached to an aromatic ring is 1. The largest absolute Gasteiger partial charge is 0.461 e. The maximum Gasteiger partial charge on any atom is 0.259 e. The third kappa shape index (κ3) is 3.06. The molecule has 2 aliphatic rings. The van der Waals surface area contributed by atoms with Gasteiger partial charge in [0.2, 0.25) is 17.7 Å². The number of likely N-dealkylation sites (tertiary alicyclic amines) is 1. The molecule has 7 rings (SSSR count). The summed E-state index contributed by atoms with van der Waals surface area (Å²) in [6, 6.07) is 16.0. The van der Waals surface area contributed by atoms with Gasteiger partial charge in [-0.05, 0) is 30.7 Å². The summed E-state index contributed by atoms with van der Waals surface area (Å²) in [6.45, 7) is 2.60. The SMILES string of the molecule is Nc1nc(N2C=C3C(CCN3Cc3ccc4ccccc4n3)C2)nc2nc(-c3ccco3)nn12. The fourth-order valence-corrected chi connectivity index (χ4v) is 4.80. The van der Waals surface area contributed by atoms with Gasteiger partial charge < -0.3 is 20.0 Å². The molecule has 0 saturated carbocycles. The van der Waals surface area contributed by atoms with Gasteiger partial charge in [-0.3, -0.25) is 4.98 Å². The van der Waals surface area contributed by atoms with Crippen molar-refractivity contribution in [1.29, 1.82) is 0 Å². The first kappa shape index (κ1) is 19.0. The number of nitrogens with zero attached hydrogens (tertiary/aromatic N) is 8. The van der Waals surface area contributed by atoms with Crippen molar-refractivity contribution in [3.63, 3.8) is 0 Å². The Bertz CT molecular complexity index is 1560. The average molecular weight is 451 g/mol. The van der Waals surface area contributed by atoms with Gasteiger partial charge in [-0.1, -0.05) is 24.3 Å². The molecule has 0 spiro atoms. The van der Waals surface area contributed by atoms with Gasteiger partial charge in [0.25, 0.3) is 5.78 Å². The summed E-state index contributed by atoms with van der Waals surface area (Å²) in [5.74, 6) is 2.56. The van der Waals surface area contributed by atoms with Gasteiger partial charge in [0, 0.05) is 36.3 Å². The van der Waals surface area contributed by atoms with E-state index in [1.54, 1.807) is 18.4 Å². The molecule has 0 amide bonds. The molecule has 0 bridgehead atoms. The molecule has 10 nitrogen and oxygen atoms in total. The number of anilines is 2. The summed E-state index contributed by atoms with van der Waals surface area (Å²) in [5, 5.41) is 5.53. The monoisotopic (exact) mass is 451 g/mol. The van der Waals surface area contributed by atoms with Crippen LogP contribution in [0.5, 0.6) is 0 Å². The molecule has 168 valence electrons. The normalized spacial score (nSPS) is 17.6. The molecule has 34 heavy (non-hydrogen) atoms. The van der Waals surface area contributed by atoms with Crippen LogP contribution in [0.25, 0.3) is 28.3 Å². The molecule has 2 N–H and O–H groups in total. The molecule has 2 aliphatic heterocycles. The summed E-state index contributed by atoms with van der Waals surface area (Å²) >= 11 is 0. The van der Waals surface area contributed by atoms with Crippen LogP contribution in [0.3, 0.4) is 0 Å². The van der Waals surface area contributed by atoms with E-state index in [0.717, 1.165) is 42.7 Å². The Kier molecular flexibility index (Phi) is 4.07. The number of para-hydroxylation sites is 1. The van der Waals surface area contributed by atoms with Gasteiger partial charge in [0.1, 0.15) is 0 Å². The molecule has 1 fully saturated rings. The zero-order chi connectivity index (χ0) is 22.6. The number of benzene rings is 1. The summed E-state index contributed by atoms with van der Waals surface area (Å²) < 4.78 is 6.83. The number of fused-ring (bicyclic) bond motifs is 3. The molecule has 4 aromatic heterocycles. The zero-order valence-corrected chi connectivity index (χ0v) is 18.2. The van der Waals surface area contributed by atoms with Crippen molar-refractivity contribution in [3.8, 4) is 11.6 Å². The molecular weight excluding hydrogens is 430 g/mol. The Morgan fingerprint density at radius 3 is 2.85 bits per heavy atom. The summed E-state index contributed by atoms with van der Waals surface area (Å²) in [6.07, 6.45) is 4.80. The third-order valence-corrected chi connectivity index (χ3v) is 6.47. The van der Waals surface area contributed by atoms with Gasteiger partial charge in [0.15, 0.2) is 5.76 Å². The lowest BCUT2D eigenvalue weighted by atomic mass is 10.1. The van der Waals surface area contributed by atoms with E-state index < -0.39 is 0 Å². The average Bonchev–Trinajstić information content (AvgIpc) is 3.63. The number of furan rings is 1. The van der Waals surface area contributed by atoms with Crippen LogP contribution in [0.2, 0.25) is 0 Å². The van der Waals surface area contributed by atoms with E-state index in [1.807, 2.05) is 12.1 Å². The summed E-state index contributed by atoms with van der Waals surface area (Å²) in [5.41, 5.74) is 9.57. The minimum Gasteiger partial charge on any atom is -0.461 e. The highest BCUT2D eigenvalue weighted by atomic mass is 16.3. The molecule has 1 atom stereocenters. The Morgan fingerprint density at radius 2 is 1.94 bits per heavy atom. The van der Waals surface area contributed by atoms with E-state index in [4.69, 9.17) is 15.1 Å². The van der Waals surface area contributed by atoms with Crippen LogP contribution in [-0.2, 0) is 6.54 Å². The highest BCUT2D eigenvalue weighted by Crippen LogP contribution is 2.36. The minimum absolute atomic E-state index is 0.234. The van der Waals surface area contributed by atoms with Crippen LogP contribution >= 0.6 is 0 Å². The fourth-order valence-electron chi connectivity index (χ4n) is 4.80. The van der Waals surface area contributed by atoms with E-state index in [0.29, 0.717) is 29.2 Å². The van der Waals surface area contributed by atoms with Crippen LogP contribution in [0, 0.1) is 5.92 Å². The van der Waals surface area contributed by atoms with Crippen molar-refractivity contribution in [1.82, 2.24) is 34.4 Å². The number of pyridine rings is 1.